The van der Waals surface area contributed by atoms with Gasteiger partial charge < -0.3 is 4.57 Å². The van der Waals surface area contributed by atoms with Gasteiger partial charge in [0.15, 0.2) is 11.6 Å². The lowest BCUT2D eigenvalue weighted by Gasteiger charge is -2.14. The molecule has 0 amide bonds. The molecular formula is C48H31N5. The summed E-state index contributed by atoms with van der Waals surface area (Å²) in [7, 11) is 0. The van der Waals surface area contributed by atoms with E-state index in [2.05, 4.69) is 185 Å². The fourth-order valence-electron chi connectivity index (χ4n) is 8.30. The van der Waals surface area contributed by atoms with Crippen LogP contribution in [0.25, 0.3) is 83.0 Å². The van der Waals surface area contributed by atoms with Crippen molar-refractivity contribution >= 4 is 60.0 Å². The molecule has 0 N–H and O–H groups in total. The molecule has 5 nitrogen and oxygen atoms in total. The smallest absolute Gasteiger partial charge is 0.238 e. The standard InChI is InChI=1S/C48H31N5/c1-2-19-33(20-3-1)52-41-27-12-10-23-36(41)37-29-30-43-44(45(37)52)40-25-11-13-28-42(40)53(43)48-50-46(38-24-9-6-16-31-15-4-7-21-34(31)38)49-47(51-48)39-26-14-18-32-17-5-8-22-35(32)39/h1-15,17-30H,16H2. The zero-order valence-corrected chi connectivity index (χ0v) is 28.7. The molecule has 1 aliphatic carbocycles. The van der Waals surface area contributed by atoms with E-state index in [1.54, 1.807) is 0 Å². The summed E-state index contributed by atoms with van der Waals surface area (Å²) >= 11 is 0. The summed E-state index contributed by atoms with van der Waals surface area (Å²) < 4.78 is 4.64. The van der Waals surface area contributed by atoms with Crippen molar-refractivity contribution in [1.29, 1.82) is 0 Å². The van der Waals surface area contributed by atoms with Gasteiger partial charge in [-0.05, 0) is 58.7 Å². The molecule has 53 heavy (non-hydrogen) atoms. The van der Waals surface area contributed by atoms with Gasteiger partial charge in [0, 0.05) is 38.4 Å². The third-order valence-electron chi connectivity index (χ3n) is 10.6. The van der Waals surface area contributed by atoms with Gasteiger partial charge in [0.1, 0.15) is 0 Å². The first-order valence-electron chi connectivity index (χ1n) is 18.0. The van der Waals surface area contributed by atoms with Crippen LogP contribution in [0.15, 0.2) is 176 Å². The molecule has 10 aromatic rings. The van der Waals surface area contributed by atoms with Crippen molar-refractivity contribution in [2.24, 2.45) is 0 Å². The highest BCUT2D eigenvalue weighted by Gasteiger charge is 2.24. The van der Waals surface area contributed by atoms with Gasteiger partial charge in [-0.3, -0.25) is 4.57 Å². The molecule has 0 saturated carbocycles. The van der Waals surface area contributed by atoms with Crippen molar-refractivity contribution in [2.75, 3.05) is 0 Å². The highest BCUT2D eigenvalue weighted by atomic mass is 15.2. The number of hydrogen-bond acceptors (Lipinski definition) is 3. The summed E-state index contributed by atoms with van der Waals surface area (Å²) in [4.78, 5) is 16.0. The molecule has 1 aliphatic rings. The molecular weight excluding hydrogens is 647 g/mol. The van der Waals surface area contributed by atoms with Gasteiger partial charge in [-0.2, -0.15) is 9.97 Å². The van der Waals surface area contributed by atoms with E-state index in [4.69, 9.17) is 15.0 Å². The highest BCUT2D eigenvalue weighted by molar-refractivity contribution is 6.26. The zero-order valence-electron chi connectivity index (χ0n) is 28.7. The molecule has 3 heterocycles. The van der Waals surface area contributed by atoms with E-state index in [1.807, 2.05) is 0 Å². The summed E-state index contributed by atoms with van der Waals surface area (Å²) in [5, 5.41) is 6.97. The van der Waals surface area contributed by atoms with Crippen LogP contribution >= 0.6 is 0 Å². The van der Waals surface area contributed by atoms with Gasteiger partial charge in [-0.1, -0.05) is 146 Å². The molecule has 0 unspecified atom stereocenters. The normalized spacial score (nSPS) is 12.9. The van der Waals surface area contributed by atoms with Crippen molar-refractivity contribution in [1.82, 2.24) is 24.1 Å². The maximum absolute atomic E-state index is 5.38. The number of nitrogens with zero attached hydrogens (tertiary/aromatic N) is 5. The van der Waals surface area contributed by atoms with Crippen molar-refractivity contribution in [3.05, 3.63) is 193 Å². The second kappa shape index (κ2) is 11.7. The number of aromatic nitrogens is 5. The molecule has 0 radical (unpaired) electrons. The number of rotatable bonds is 4. The summed E-state index contributed by atoms with van der Waals surface area (Å²) in [5.74, 6) is 1.86. The van der Waals surface area contributed by atoms with Crippen molar-refractivity contribution in [3.8, 4) is 23.0 Å². The number of benzene rings is 7. The first kappa shape index (κ1) is 29.6. The summed E-state index contributed by atoms with van der Waals surface area (Å²) in [5.41, 5.74) is 9.86. The maximum Gasteiger partial charge on any atom is 0.238 e. The van der Waals surface area contributed by atoms with Crippen LogP contribution in [0.1, 0.15) is 17.0 Å². The van der Waals surface area contributed by atoms with Crippen LogP contribution in [-0.4, -0.2) is 24.1 Å². The topological polar surface area (TPSA) is 48.5 Å². The Bertz CT molecular complexity index is 3140. The monoisotopic (exact) mass is 677 g/mol. The average Bonchev–Trinajstić information content (AvgIpc) is 3.64. The number of hydrogen-bond donors (Lipinski definition) is 0. The molecule has 0 spiro atoms. The third kappa shape index (κ3) is 4.54. The summed E-state index contributed by atoms with van der Waals surface area (Å²) in [6.07, 6.45) is 7.31. The summed E-state index contributed by atoms with van der Waals surface area (Å²) in [6.45, 7) is 0. The lowest BCUT2D eigenvalue weighted by molar-refractivity contribution is 0.932. The van der Waals surface area contributed by atoms with E-state index in [-0.39, 0.29) is 0 Å². The van der Waals surface area contributed by atoms with Crippen LogP contribution in [0.2, 0.25) is 0 Å². The summed E-state index contributed by atoms with van der Waals surface area (Å²) in [6, 6.07) is 55.8. The molecule has 0 fully saturated rings. The van der Waals surface area contributed by atoms with Crippen molar-refractivity contribution < 1.29 is 0 Å². The molecule has 11 rings (SSSR count). The Labute approximate surface area is 305 Å². The molecule has 3 aromatic heterocycles. The molecule has 0 atom stereocenters. The Morgan fingerprint density at radius 1 is 0.453 bits per heavy atom. The minimum atomic E-state index is 0.581. The fourth-order valence-corrected chi connectivity index (χ4v) is 8.30. The molecule has 0 bridgehead atoms. The van der Waals surface area contributed by atoms with E-state index >= 15 is 0 Å². The first-order chi connectivity index (χ1) is 26.3. The number of para-hydroxylation sites is 3. The van der Waals surface area contributed by atoms with Crippen molar-refractivity contribution in [3.63, 3.8) is 0 Å². The predicted octanol–water partition coefficient (Wildman–Crippen LogP) is 11.4. The first-order valence-corrected chi connectivity index (χ1v) is 18.0. The molecule has 7 aromatic carbocycles. The number of allylic oxidation sites excluding steroid dienone is 3. The fraction of sp³-hybridized carbons (Fsp3) is 0.0208. The van der Waals surface area contributed by atoms with Crippen molar-refractivity contribution in [2.45, 2.75) is 6.42 Å². The van der Waals surface area contributed by atoms with Gasteiger partial charge in [0.25, 0.3) is 0 Å². The Morgan fingerprint density at radius 2 is 1.13 bits per heavy atom. The Hall–Kier alpha value is -7.11. The second-order valence-electron chi connectivity index (χ2n) is 13.6. The largest absolute Gasteiger partial charge is 0.309 e. The van der Waals surface area contributed by atoms with E-state index in [0.717, 1.165) is 61.4 Å². The van der Waals surface area contributed by atoms with Gasteiger partial charge >= 0.3 is 0 Å². The zero-order chi connectivity index (χ0) is 34.9. The highest BCUT2D eigenvalue weighted by Crippen LogP contribution is 2.42. The van der Waals surface area contributed by atoms with Gasteiger partial charge in [0.2, 0.25) is 5.95 Å². The SMILES string of the molecule is C1=CCc2ccccc2C(c2nc(-c3cccc4ccccc34)nc(-n3c4ccccc4c4c3ccc3c5ccccc5n(-c5ccccc5)c34)n2)=C1. The lowest BCUT2D eigenvalue weighted by atomic mass is 9.98. The quantitative estimate of drug-likeness (QED) is 0.186. The predicted molar refractivity (Wildman–Crippen MR) is 218 cm³/mol. The van der Waals surface area contributed by atoms with Gasteiger partial charge in [-0.25, -0.2) is 4.98 Å². The van der Waals surface area contributed by atoms with Crippen LogP contribution in [0.5, 0.6) is 0 Å². The Morgan fingerprint density at radius 3 is 2.02 bits per heavy atom. The minimum absolute atomic E-state index is 0.581. The second-order valence-corrected chi connectivity index (χ2v) is 13.6. The Kier molecular flexibility index (Phi) is 6.55. The van der Waals surface area contributed by atoms with E-state index in [9.17, 15) is 0 Å². The van der Waals surface area contributed by atoms with Gasteiger partial charge in [0.05, 0.1) is 22.1 Å². The Balaban J connectivity index is 1.27. The van der Waals surface area contributed by atoms with Crippen LogP contribution in [0.3, 0.4) is 0 Å². The van der Waals surface area contributed by atoms with E-state index < -0.39 is 0 Å². The molecule has 248 valence electrons. The number of fused-ring (bicyclic) bond motifs is 9. The van der Waals surface area contributed by atoms with Crippen LogP contribution in [0, 0.1) is 0 Å². The third-order valence-corrected chi connectivity index (χ3v) is 10.6. The molecule has 0 saturated heterocycles. The van der Waals surface area contributed by atoms with Crippen LogP contribution < -0.4 is 0 Å². The minimum Gasteiger partial charge on any atom is -0.309 e. The molecule has 5 heteroatoms. The maximum atomic E-state index is 5.38. The van der Waals surface area contributed by atoms with Crippen LogP contribution in [-0.2, 0) is 6.42 Å². The van der Waals surface area contributed by atoms with Crippen LogP contribution in [0.4, 0.5) is 0 Å². The van der Waals surface area contributed by atoms with Gasteiger partial charge in [-0.15, -0.1) is 0 Å². The van der Waals surface area contributed by atoms with E-state index in [1.165, 1.54) is 27.4 Å². The average molecular weight is 678 g/mol. The lowest BCUT2D eigenvalue weighted by Crippen LogP contribution is -2.09. The molecule has 0 aliphatic heterocycles. The van der Waals surface area contributed by atoms with E-state index in [0.29, 0.717) is 17.6 Å².